The predicted octanol–water partition coefficient (Wildman–Crippen LogP) is 5.93. The van der Waals surface area contributed by atoms with Gasteiger partial charge in [0.25, 0.3) is 0 Å². The summed E-state index contributed by atoms with van der Waals surface area (Å²) in [5.41, 5.74) is 3.62. The van der Waals surface area contributed by atoms with Gasteiger partial charge in [0.05, 0.1) is 17.6 Å². The summed E-state index contributed by atoms with van der Waals surface area (Å²) in [7, 11) is 0. The molecular weight excluding hydrogens is 394 g/mol. The highest BCUT2D eigenvalue weighted by Gasteiger charge is 2.22. The average Bonchev–Trinajstić information content (AvgIpc) is 3.13. The van der Waals surface area contributed by atoms with Crippen molar-refractivity contribution in [1.29, 1.82) is 0 Å². The van der Waals surface area contributed by atoms with E-state index >= 15 is 0 Å². The summed E-state index contributed by atoms with van der Waals surface area (Å²) < 4.78 is 5.29. The van der Waals surface area contributed by atoms with Gasteiger partial charge in [-0.2, -0.15) is 0 Å². The van der Waals surface area contributed by atoms with Gasteiger partial charge >= 0.3 is 5.97 Å². The Labute approximate surface area is 171 Å². The second-order valence-corrected chi connectivity index (χ2v) is 7.15. The lowest BCUT2D eigenvalue weighted by molar-refractivity contribution is 0.0529. The van der Waals surface area contributed by atoms with Crippen LogP contribution in [0.25, 0.3) is 22.2 Å². The summed E-state index contributed by atoms with van der Waals surface area (Å²) in [5.74, 6) is 0.00218. The van der Waals surface area contributed by atoms with Gasteiger partial charge in [0.15, 0.2) is 11.0 Å². The van der Waals surface area contributed by atoms with Crippen LogP contribution in [-0.2, 0) is 4.74 Å². The van der Waals surface area contributed by atoms with Crippen LogP contribution in [0.5, 0.6) is 0 Å². The van der Waals surface area contributed by atoms with Crippen molar-refractivity contribution in [3.8, 4) is 11.1 Å². The Balaban J connectivity index is 1.79. The number of carbonyl (C=O) groups is 1. The molecule has 0 fully saturated rings. The summed E-state index contributed by atoms with van der Waals surface area (Å²) in [5, 5.41) is 5.95. The van der Waals surface area contributed by atoms with E-state index in [1.165, 1.54) is 11.3 Å². The predicted molar refractivity (Wildman–Crippen MR) is 114 cm³/mol. The molecule has 4 aromatic rings. The van der Waals surface area contributed by atoms with Crippen molar-refractivity contribution in [1.82, 2.24) is 9.97 Å². The number of para-hydroxylation sites is 2. The van der Waals surface area contributed by atoms with E-state index in [0.717, 1.165) is 11.1 Å². The Kier molecular flexibility index (Phi) is 5.23. The summed E-state index contributed by atoms with van der Waals surface area (Å²) >= 11 is 7.72. The number of ether oxygens (including phenoxy) is 1. The van der Waals surface area contributed by atoms with Crippen LogP contribution in [0.4, 0.5) is 10.8 Å². The lowest BCUT2D eigenvalue weighted by Crippen LogP contribution is -2.08. The number of aromatic nitrogens is 2. The molecule has 28 heavy (non-hydrogen) atoms. The van der Waals surface area contributed by atoms with Crippen molar-refractivity contribution in [3.05, 3.63) is 70.7 Å². The van der Waals surface area contributed by atoms with E-state index in [4.69, 9.17) is 16.3 Å². The Morgan fingerprint density at radius 3 is 2.46 bits per heavy atom. The minimum atomic E-state index is -0.394. The number of hydrogen-bond acceptors (Lipinski definition) is 6. The van der Waals surface area contributed by atoms with E-state index in [1.807, 2.05) is 60.0 Å². The average molecular weight is 410 g/mol. The smallest absolute Gasteiger partial charge is 0.341 e. The molecule has 0 unspecified atom stereocenters. The Morgan fingerprint density at radius 2 is 1.75 bits per heavy atom. The third-order valence-electron chi connectivity index (χ3n) is 4.12. The molecule has 5 nitrogen and oxygen atoms in total. The summed E-state index contributed by atoms with van der Waals surface area (Å²) in [4.78, 5) is 21.6. The third-order valence-corrected chi connectivity index (χ3v) is 5.27. The van der Waals surface area contributed by atoms with E-state index < -0.39 is 5.97 Å². The van der Waals surface area contributed by atoms with Crippen molar-refractivity contribution < 1.29 is 9.53 Å². The summed E-state index contributed by atoms with van der Waals surface area (Å²) in [6.07, 6.45) is 0. The molecule has 0 aliphatic carbocycles. The molecule has 1 N–H and O–H groups in total. The highest BCUT2D eigenvalue weighted by molar-refractivity contribution is 7.15. The van der Waals surface area contributed by atoms with Crippen molar-refractivity contribution in [2.75, 3.05) is 11.9 Å². The van der Waals surface area contributed by atoms with Crippen LogP contribution in [0.15, 0.2) is 60.0 Å². The Hall–Kier alpha value is -2.96. The van der Waals surface area contributed by atoms with Crippen LogP contribution in [0, 0.1) is 0 Å². The number of fused-ring (bicyclic) bond motifs is 1. The molecule has 0 aliphatic heterocycles. The van der Waals surface area contributed by atoms with Gasteiger partial charge in [0, 0.05) is 10.9 Å². The number of thiophene rings is 1. The molecule has 0 spiro atoms. The van der Waals surface area contributed by atoms with Gasteiger partial charge in [0.1, 0.15) is 10.6 Å². The first-order valence-corrected chi connectivity index (χ1v) is 9.96. The van der Waals surface area contributed by atoms with Crippen molar-refractivity contribution in [2.45, 2.75) is 6.92 Å². The molecule has 0 atom stereocenters. The van der Waals surface area contributed by atoms with Gasteiger partial charge in [-0.05, 0) is 24.6 Å². The highest BCUT2D eigenvalue weighted by atomic mass is 35.5. The normalized spacial score (nSPS) is 10.8. The zero-order chi connectivity index (χ0) is 19.5. The number of nitrogens with zero attached hydrogens (tertiary/aromatic N) is 2. The molecule has 0 saturated heterocycles. The molecule has 7 heteroatoms. The van der Waals surface area contributed by atoms with Gasteiger partial charge in [-0.25, -0.2) is 14.8 Å². The SMILES string of the molecule is CCOC(=O)c1c(-c2ccccc2)csc1Nc1nc2ccccc2nc1Cl. The maximum absolute atomic E-state index is 12.7. The van der Waals surface area contributed by atoms with E-state index in [2.05, 4.69) is 15.3 Å². The molecule has 0 bridgehead atoms. The van der Waals surface area contributed by atoms with Crippen LogP contribution in [-0.4, -0.2) is 22.5 Å². The topological polar surface area (TPSA) is 64.1 Å². The second kappa shape index (κ2) is 7.96. The van der Waals surface area contributed by atoms with Gasteiger partial charge in [0.2, 0.25) is 0 Å². The van der Waals surface area contributed by atoms with Gasteiger partial charge in [-0.1, -0.05) is 54.1 Å². The van der Waals surface area contributed by atoms with Crippen molar-refractivity contribution in [3.63, 3.8) is 0 Å². The van der Waals surface area contributed by atoms with E-state index in [1.54, 1.807) is 6.92 Å². The van der Waals surface area contributed by atoms with Crippen LogP contribution in [0.1, 0.15) is 17.3 Å². The van der Waals surface area contributed by atoms with Crippen LogP contribution in [0.2, 0.25) is 5.15 Å². The molecule has 2 heterocycles. The number of carbonyl (C=O) groups excluding carboxylic acids is 1. The standard InChI is InChI=1S/C21H16ClN3O2S/c1-2-27-21(26)17-14(13-8-4-3-5-9-13)12-28-20(17)25-19-18(22)23-15-10-6-7-11-16(15)24-19/h3-12H,2H2,1H3,(H,24,25). The lowest BCUT2D eigenvalue weighted by Gasteiger charge is -2.10. The summed E-state index contributed by atoms with van der Waals surface area (Å²) in [6, 6.07) is 17.2. The molecule has 0 radical (unpaired) electrons. The molecular formula is C21H16ClN3O2S. The number of anilines is 2. The Morgan fingerprint density at radius 1 is 1.07 bits per heavy atom. The number of halogens is 1. The fraction of sp³-hybridized carbons (Fsp3) is 0.0952. The largest absolute Gasteiger partial charge is 0.462 e. The number of nitrogens with one attached hydrogen (secondary N) is 1. The first kappa shape index (κ1) is 18.4. The van der Waals surface area contributed by atoms with Crippen LogP contribution < -0.4 is 5.32 Å². The molecule has 0 amide bonds. The van der Waals surface area contributed by atoms with Gasteiger partial charge in [-0.15, -0.1) is 11.3 Å². The number of benzene rings is 2. The molecule has 0 saturated carbocycles. The number of rotatable bonds is 5. The maximum atomic E-state index is 12.7. The second-order valence-electron chi connectivity index (χ2n) is 5.92. The molecule has 0 aliphatic rings. The van der Waals surface area contributed by atoms with Crippen LogP contribution >= 0.6 is 22.9 Å². The van der Waals surface area contributed by atoms with E-state index in [9.17, 15) is 4.79 Å². The number of esters is 1. The minimum absolute atomic E-state index is 0.239. The third kappa shape index (κ3) is 3.56. The zero-order valence-corrected chi connectivity index (χ0v) is 16.6. The number of hydrogen-bond donors (Lipinski definition) is 1. The lowest BCUT2D eigenvalue weighted by atomic mass is 10.0. The van der Waals surface area contributed by atoms with Gasteiger partial charge < -0.3 is 10.1 Å². The fourth-order valence-corrected chi connectivity index (χ4v) is 3.99. The zero-order valence-electron chi connectivity index (χ0n) is 15.0. The fourth-order valence-electron chi connectivity index (χ4n) is 2.85. The molecule has 140 valence electrons. The maximum Gasteiger partial charge on any atom is 0.341 e. The minimum Gasteiger partial charge on any atom is -0.462 e. The first-order valence-electron chi connectivity index (χ1n) is 8.70. The molecule has 2 aromatic heterocycles. The highest BCUT2D eigenvalue weighted by Crippen LogP contribution is 2.38. The van der Waals surface area contributed by atoms with Gasteiger partial charge in [-0.3, -0.25) is 0 Å². The quantitative estimate of drug-likeness (QED) is 0.414. The van der Waals surface area contributed by atoms with Crippen molar-refractivity contribution >= 4 is 50.8 Å². The molecule has 4 rings (SSSR count). The van der Waals surface area contributed by atoms with Crippen molar-refractivity contribution in [2.24, 2.45) is 0 Å². The van der Waals surface area contributed by atoms with Crippen LogP contribution in [0.3, 0.4) is 0 Å². The Bertz CT molecular complexity index is 1150. The van der Waals surface area contributed by atoms with E-state index in [0.29, 0.717) is 34.0 Å². The monoisotopic (exact) mass is 409 g/mol. The van der Waals surface area contributed by atoms with E-state index in [-0.39, 0.29) is 5.15 Å². The summed E-state index contributed by atoms with van der Waals surface area (Å²) in [6.45, 7) is 2.07. The molecule has 2 aromatic carbocycles. The first-order chi connectivity index (χ1) is 13.7.